The van der Waals surface area contributed by atoms with Crippen molar-refractivity contribution in [3.63, 3.8) is 0 Å². The van der Waals surface area contributed by atoms with E-state index in [0.717, 1.165) is 0 Å². The zero-order valence-corrected chi connectivity index (χ0v) is 24.3. The van der Waals surface area contributed by atoms with Crippen molar-refractivity contribution in [1.29, 1.82) is 0 Å². The molecule has 0 saturated carbocycles. The van der Waals surface area contributed by atoms with Crippen molar-refractivity contribution in [1.82, 2.24) is 0 Å². The normalized spacial score (nSPS) is 33.4. The van der Waals surface area contributed by atoms with Gasteiger partial charge >= 0.3 is 12.2 Å². The SMILES string of the molecule is CO[C@H]1CC/C=C(\C)C(=O)Nc2cc(O)cc3c2[C@@](OC)(C[C@H](C)[C@H]3O)[C@H](OC(N)=O)[C@@H](C)/C=C(\C)[C@@H]1OC(N)=O. The molecule has 1 aromatic rings. The predicted octanol–water partition coefficient (Wildman–Crippen LogP) is 3.51. The number of aliphatic hydroxyl groups is 1. The number of rotatable bonds is 4. The van der Waals surface area contributed by atoms with E-state index < -0.39 is 59.9 Å². The number of phenolic OH excluding ortho intramolecular Hbond substituents is 1. The van der Waals surface area contributed by atoms with Crippen LogP contribution in [-0.4, -0.2) is 60.8 Å². The number of phenols is 1. The highest BCUT2D eigenvalue weighted by molar-refractivity contribution is 6.04. The third-order valence-electron chi connectivity index (χ3n) is 7.97. The van der Waals surface area contributed by atoms with Crippen LogP contribution < -0.4 is 16.8 Å². The fourth-order valence-corrected chi connectivity index (χ4v) is 6.12. The monoisotopic (exact) mass is 575 g/mol. The number of benzene rings is 1. The standard InChI is InChI=1S/C29H41N3O9/c1-14-8-7-9-21(38-5)24(40-27(30)36)15(2)10-16(3)25(41-28(31)37)29(39-6)13-17(4)23(34)19-11-18(33)12-20(22(19)29)32-26(14)35/h8,10-12,16-17,21,23-25,33-34H,7,9,13H2,1-6H3,(H2,30,36)(H2,31,37)(H,32,35)/b14-8+,15-10+/t16-,17-,21-,23+,24-,25+,29-/m0/s1. The van der Waals surface area contributed by atoms with Crippen LogP contribution in [0.2, 0.25) is 0 Å². The molecule has 0 saturated heterocycles. The number of methoxy groups -OCH3 is 2. The van der Waals surface area contributed by atoms with Crippen molar-refractivity contribution in [2.24, 2.45) is 23.3 Å². The Morgan fingerprint density at radius 2 is 1.76 bits per heavy atom. The maximum atomic E-state index is 13.3. The molecule has 12 nitrogen and oxygen atoms in total. The number of carbonyl (C=O) groups is 3. The molecule has 3 amide bonds. The number of aliphatic hydroxyl groups excluding tert-OH is 1. The molecule has 3 rings (SSSR count). The van der Waals surface area contributed by atoms with E-state index in [1.165, 1.54) is 26.4 Å². The Morgan fingerprint density at radius 1 is 1.10 bits per heavy atom. The van der Waals surface area contributed by atoms with Gasteiger partial charge in [-0.1, -0.05) is 26.0 Å². The topological polar surface area (TPSA) is 193 Å². The summed E-state index contributed by atoms with van der Waals surface area (Å²) in [6, 6.07) is 2.77. The Labute approximate surface area is 239 Å². The molecular weight excluding hydrogens is 534 g/mol. The Kier molecular flexibility index (Phi) is 10.1. The maximum Gasteiger partial charge on any atom is 0.405 e. The number of nitrogens with one attached hydrogen (secondary N) is 1. The van der Waals surface area contributed by atoms with E-state index in [4.69, 9.17) is 30.4 Å². The van der Waals surface area contributed by atoms with Crippen molar-refractivity contribution in [3.05, 3.63) is 46.6 Å². The predicted molar refractivity (Wildman–Crippen MR) is 150 cm³/mol. The molecule has 7 atom stereocenters. The number of ether oxygens (including phenoxy) is 4. The van der Waals surface area contributed by atoms with Gasteiger partial charge in [0.05, 0.1) is 17.9 Å². The highest BCUT2D eigenvalue weighted by atomic mass is 16.6. The number of allylic oxidation sites excluding steroid dienone is 1. The Hall–Kier alpha value is -3.61. The average Bonchev–Trinajstić information content (AvgIpc) is 2.89. The van der Waals surface area contributed by atoms with Gasteiger partial charge in [-0.3, -0.25) is 4.79 Å². The third-order valence-corrected chi connectivity index (χ3v) is 7.97. The molecule has 41 heavy (non-hydrogen) atoms. The minimum atomic E-state index is -1.44. The first-order chi connectivity index (χ1) is 19.2. The fourth-order valence-electron chi connectivity index (χ4n) is 6.12. The molecule has 0 aromatic heterocycles. The van der Waals surface area contributed by atoms with Gasteiger partial charge in [0.2, 0.25) is 0 Å². The van der Waals surface area contributed by atoms with Gasteiger partial charge in [0, 0.05) is 37.3 Å². The summed E-state index contributed by atoms with van der Waals surface area (Å²) in [5.74, 6) is -1.67. The molecule has 0 spiro atoms. The van der Waals surface area contributed by atoms with Gasteiger partial charge < -0.3 is 45.9 Å². The molecule has 1 heterocycles. The molecule has 1 aliphatic heterocycles. The van der Waals surface area contributed by atoms with Crippen LogP contribution in [0.3, 0.4) is 0 Å². The number of aromatic hydroxyl groups is 1. The molecule has 0 bridgehead atoms. The molecule has 1 aliphatic carbocycles. The van der Waals surface area contributed by atoms with Gasteiger partial charge in [-0.25, -0.2) is 9.59 Å². The van der Waals surface area contributed by atoms with E-state index in [0.29, 0.717) is 35.1 Å². The second kappa shape index (κ2) is 12.9. The van der Waals surface area contributed by atoms with Crippen LogP contribution in [-0.2, 0) is 29.3 Å². The molecular formula is C29H41N3O9. The van der Waals surface area contributed by atoms with Gasteiger partial charge in [0.15, 0.2) is 6.10 Å². The summed E-state index contributed by atoms with van der Waals surface area (Å²) < 4.78 is 23.1. The number of hydrogen-bond donors (Lipinski definition) is 5. The quantitative estimate of drug-likeness (QED) is 0.334. The summed E-state index contributed by atoms with van der Waals surface area (Å²) in [6.07, 6.45) is -1.22. The Bertz CT molecular complexity index is 1230. The minimum absolute atomic E-state index is 0.164. The number of carbonyl (C=O) groups excluding carboxylic acids is 3. The van der Waals surface area contributed by atoms with Gasteiger partial charge in [0.25, 0.3) is 5.91 Å². The molecule has 12 heteroatoms. The van der Waals surface area contributed by atoms with Crippen LogP contribution in [0.1, 0.15) is 64.2 Å². The van der Waals surface area contributed by atoms with Gasteiger partial charge in [-0.05, 0) is 56.2 Å². The number of primary amides is 2. The van der Waals surface area contributed by atoms with Crippen molar-refractivity contribution < 1.29 is 43.5 Å². The summed E-state index contributed by atoms with van der Waals surface area (Å²) in [4.78, 5) is 37.5. The van der Waals surface area contributed by atoms with Crippen molar-refractivity contribution in [2.75, 3.05) is 19.5 Å². The summed E-state index contributed by atoms with van der Waals surface area (Å²) in [6.45, 7) is 6.95. The van der Waals surface area contributed by atoms with E-state index in [1.54, 1.807) is 39.8 Å². The molecule has 7 N–H and O–H groups in total. The molecule has 0 unspecified atom stereocenters. The number of amides is 3. The van der Waals surface area contributed by atoms with Crippen molar-refractivity contribution in [2.45, 2.75) is 77.0 Å². The van der Waals surface area contributed by atoms with E-state index >= 15 is 0 Å². The largest absolute Gasteiger partial charge is 0.508 e. The number of nitrogens with two attached hydrogens (primary N) is 2. The van der Waals surface area contributed by atoms with Crippen molar-refractivity contribution in [3.8, 4) is 5.75 Å². The molecule has 0 fully saturated rings. The van der Waals surface area contributed by atoms with Crippen LogP contribution in [0, 0.1) is 11.8 Å². The summed E-state index contributed by atoms with van der Waals surface area (Å²) in [5.41, 5.74) is 11.3. The minimum Gasteiger partial charge on any atom is -0.508 e. The second-order valence-corrected chi connectivity index (χ2v) is 10.9. The third kappa shape index (κ3) is 6.66. The highest BCUT2D eigenvalue weighted by Gasteiger charge is 2.53. The first-order valence-electron chi connectivity index (χ1n) is 13.5. The van der Waals surface area contributed by atoms with E-state index in [-0.39, 0.29) is 17.9 Å². The van der Waals surface area contributed by atoms with Crippen LogP contribution >= 0.6 is 0 Å². The van der Waals surface area contributed by atoms with Crippen LogP contribution in [0.4, 0.5) is 15.3 Å². The summed E-state index contributed by atoms with van der Waals surface area (Å²) in [7, 11) is 2.92. The summed E-state index contributed by atoms with van der Waals surface area (Å²) >= 11 is 0. The first-order valence-corrected chi connectivity index (χ1v) is 13.5. The van der Waals surface area contributed by atoms with Crippen molar-refractivity contribution >= 4 is 23.8 Å². The molecule has 2 aliphatic rings. The lowest BCUT2D eigenvalue weighted by molar-refractivity contribution is -0.149. The van der Waals surface area contributed by atoms with Gasteiger partial charge in [-0.15, -0.1) is 0 Å². The zero-order chi connectivity index (χ0) is 30.6. The lowest BCUT2D eigenvalue weighted by atomic mass is 9.67. The summed E-state index contributed by atoms with van der Waals surface area (Å²) in [5, 5.41) is 24.6. The zero-order valence-electron chi connectivity index (χ0n) is 24.3. The van der Waals surface area contributed by atoms with E-state index in [2.05, 4.69) is 5.32 Å². The maximum absolute atomic E-state index is 13.3. The average molecular weight is 576 g/mol. The smallest absolute Gasteiger partial charge is 0.405 e. The Balaban J connectivity index is 2.37. The number of hydrogen-bond acceptors (Lipinski definition) is 9. The molecule has 1 aromatic carbocycles. The molecule has 0 radical (unpaired) electrons. The molecule has 226 valence electrons. The lowest BCUT2D eigenvalue weighted by Gasteiger charge is -2.48. The van der Waals surface area contributed by atoms with Crippen LogP contribution in [0.15, 0.2) is 35.4 Å². The van der Waals surface area contributed by atoms with Gasteiger partial charge in [-0.2, -0.15) is 0 Å². The lowest BCUT2D eigenvalue weighted by Crippen LogP contribution is -2.52. The fraction of sp³-hybridized carbons (Fsp3) is 0.552. The second-order valence-electron chi connectivity index (χ2n) is 10.9. The highest BCUT2D eigenvalue weighted by Crippen LogP contribution is 2.53. The van der Waals surface area contributed by atoms with E-state index in [9.17, 15) is 24.6 Å². The Morgan fingerprint density at radius 3 is 2.34 bits per heavy atom. The van der Waals surface area contributed by atoms with Crippen LogP contribution in [0.5, 0.6) is 5.75 Å². The number of anilines is 1. The van der Waals surface area contributed by atoms with Crippen LogP contribution in [0.25, 0.3) is 0 Å². The first kappa shape index (κ1) is 31.9. The van der Waals surface area contributed by atoms with E-state index in [1.807, 2.05) is 0 Å². The van der Waals surface area contributed by atoms with Gasteiger partial charge in [0.1, 0.15) is 17.5 Å².